The van der Waals surface area contributed by atoms with Crippen LogP contribution in [0.15, 0.2) is 48.5 Å². The SMILES string of the molecule is CCCCOc1ccc(CN(CCN(CCCC)CCCC)C(=O)c2ccc(CCCC)cc2)cc1. The fourth-order valence-electron chi connectivity index (χ4n) is 4.24. The van der Waals surface area contributed by atoms with Crippen molar-refractivity contribution in [3.8, 4) is 5.75 Å². The number of hydrogen-bond donors (Lipinski definition) is 0. The number of benzene rings is 2. The highest BCUT2D eigenvalue weighted by Crippen LogP contribution is 2.17. The van der Waals surface area contributed by atoms with Crippen LogP contribution in [0.4, 0.5) is 0 Å². The highest BCUT2D eigenvalue weighted by molar-refractivity contribution is 5.94. The first-order valence-electron chi connectivity index (χ1n) is 14.4. The van der Waals surface area contributed by atoms with Gasteiger partial charge in [-0.25, -0.2) is 0 Å². The summed E-state index contributed by atoms with van der Waals surface area (Å²) in [5.74, 6) is 1.02. The Kier molecular flexibility index (Phi) is 14.9. The molecule has 0 atom stereocenters. The number of carbonyl (C=O) groups is 1. The minimum absolute atomic E-state index is 0.117. The quantitative estimate of drug-likeness (QED) is 0.187. The van der Waals surface area contributed by atoms with Gasteiger partial charge in [-0.3, -0.25) is 4.79 Å². The van der Waals surface area contributed by atoms with Gasteiger partial charge in [-0.15, -0.1) is 0 Å². The predicted octanol–water partition coefficient (Wildman–Crippen LogP) is 7.75. The molecule has 0 aliphatic carbocycles. The average Bonchev–Trinajstić information content (AvgIpc) is 2.91. The maximum atomic E-state index is 13.6. The van der Waals surface area contributed by atoms with Crippen LogP contribution in [0.2, 0.25) is 0 Å². The summed E-state index contributed by atoms with van der Waals surface area (Å²) in [4.78, 5) is 18.2. The van der Waals surface area contributed by atoms with Gasteiger partial charge in [0.1, 0.15) is 5.75 Å². The first-order chi connectivity index (χ1) is 17.6. The molecule has 0 aliphatic heterocycles. The second-order valence-electron chi connectivity index (χ2n) is 9.92. The molecule has 0 bridgehead atoms. The molecule has 0 N–H and O–H groups in total. The molecular weight excluding hydrogens is 444 g/mol. The smallest absolute Gasteiger partial charge is 0.254 e. The van der Waals surface area contributed by atoms with Crippen LogP contribution in [0.1, 0.15) is 101 Å². The molecule has 2 rings (SSSR count). The van der Waals surface area contributed by atoms with Crippen LogP contribution in [0.3, 0.4) is 0 Å². The van der Waals surface area contributed by atoms with Gasteiger partial charge in [0, 0.05) is 25.2 Å². The highest BCUT2D eigenvalue weighted by atomic mass is 16.5. The Morgan fingerprint density at radius 2 is 1.25 bits per heavy atom. The summed E-state index contributed by atoms with van der Waals surface area (Å²) in [5, 5.41) is 0. The van der Waals surface area contributed by atoms with Crippen molar-refractivity contribution in [1.29, 1.82) is 0 Å². The van der Waals surface area contributed by atoms with Crippen LogP contribution in [-0.4, -0.2) is 48.5 Å². The molecule has 2 aromatic rings. The molecule has 0 saturated carbocycles. The number of ether oxygens (including phenoxy) is 1. The predicted molar refractivity (Wildman–Crippen MR) is 153 cm³/mol. The first-order valence-corrected chi connectivity index (χ1v) is 14.4. The van der Waals surface area contributed by atoms with Crippen LogP contribution in [0, 0.1) is 0 Å². The van der Waals surface area contributed by atoms with Crippen molar-refractivity contribution in [1.82, 2.24) is 9.80 Å². The highest BCUT2D eigenvalue weighted by Gasteiger charge is 2.18. The zero-order valence-corrected chi connectivity index (χ0v) is 23.4. The number of hydrogen-bond acceptors (Lipinski definition) is 3. The van der Waals surface area contributed by atoms with Crippen molar-refractivity contribution in [2.24, 2.45) is 0 Å². The number of unbranched alkanes of at least 4 members (excludes halogenated alkanes) is 4. The van der Waals surface area contributed by atoms with Gasteiger partial charge in [-0.05, 0) is 80.6 Å². The Morgan fingerprint density at radius 1 is 0.667 bits per heavy atom. The van der Waals surface area contributed by atoms with E-state index in [0.29, 0.717) is 6.54 Å². The molecule has 0 aliphatic rings. The third-order valence-corrected chi connectivity index (χ3v) is 6.71. The molecule has 0 unspecified atom stereocenters. The number of carbonyl (C=O) groups excluding carboxylic acids is 1. The number of aryl methyl sites for hydroxylation is 1. The van der Waals surface area contributed by atoms with E-state index in [0.717, 1.165) is 68.9 Å². The van der Waals surface area contributed by atoms with Gasteiger partial charge in [0.15, 0.2) is 0 Å². The van der Waals surface area contributed by atoms with Crippen molar-refractivity contribution in [3.05, 3.63) is 65.2 Å². The number of rotatable bonds is 19. The lowest BCUT2D eigenvalue weighted by molar-refractivity contribution is 0.0720. The Labute approximate surface area is 221 Å². The summed E-state index contributed by atoms with van der Waals surface area (Å²) in [5.41, 5.74) is 3.23. The second kappa shape index (κ2) is 18.0. The minimum Gasteiger partial charge on any atom is -0.494 e. The maximum Gasteiger partial charge on any atom is 0.254 e. The Hall–Kier alpha value is -2.33. The lowest BCUT2D eigenvalue weighted by atomic mass is 10.1. The van der Waals surface area contributed by atoms with Crippen LogP contribution < -0.4 is 4.74 Å². The van der Waals surface area contributed by atoms with Gasteiger partial charge in [0.2, 0.25) is 0 Å². The van der Waals surface area contributed by atoms with E-state index in [1.165, 1.54) is 44.1 Å². The lowest BCUT2D eigenvalue weighted by Gasteiger charge is -2.28. The summed E-state index contributed by atoms with van der Waals surface area (Å²) >= 11 is 0. The van der Waals surface area contributed by atoms with Gasteiger partial charge < -0.3 is 14.5 Å². The zero-order chi connectivity index (χ0) is 26.0. The standard InChI is InChI=1S/C32H50N2O2/c1-5-9-13-28-14-18-30(19-15-28)32(35)34(25-24-33(22-10-6-2)23-11-7-3)27-29-16-20-31(21-17-29)36-26-12-8-4/h14-21H,5-13,22-27H2,1-4H3. The van der Waals surface area contributed by atoms with E-state index in [9.17, 15) is 4.79 Å². The molecular formula is C32H50N2O2. The summed E-state index contributed by atoms with van der Waals surface area (Å²) in [6.07, 6.45) is 10.4. The molecule has 0 aromatic heterocycles. The molecule has 1 amide bonds. The normalized spacial score (nSPS) is 11.1. The Balaban J connectivity index is 2.13. The summed E-state index contributed by atoms with van der Waals surface area (Å²) in [6, 6.07) is 16.5. The van der Waals surface area contributed by atoms with E-state index in [1.54, 1.807) is 0 Å². The van der Waals surface area contributed by atoms with E-state index in [4.69, 9.17) is 4.74 Å². The maximum absolute atomic E-state index is 13.6. The van der Waals surface area contributed by atoms with Gasteiger partial charge in [-0.1, -0.05) is 77.6 Å². The molecule has 4 nitrogen and oxygen atoms in total. The second-order valence-corrected chi connectivity index (χ2v) is 9.92. The fraction of sp³-hybridized carbons (Fsp3) is 0.594. The van der Waals surface area contributed by atoms with Gasteiger partial charge >= 0.3 is 0 Å². The Bertz CT molecular complexity index is 824. The lowest BCUT2D eigenvalue weighted by Crippen LogP contribution is -2.39. The van der Waals surface area contributed by atoms with Crippen molar-refractivity contribution < 1.29 is 9.53 Å². The van der Waals surface area contributed by atoms with Crippen molar-refractivity contribution in [2.75, 3.05) is 32.8 Å². The molecule has 36 heavy (non-hydrogen) atoms. The van der Waals surface area contributed by atoms with Crippen LogP contribution in [0.25, 0.3) is 0 Å². The molecule has 0 saturated heterocycles. The van der Waals surface area contributed by atoms with Crippen LogP contribution >= 0.6 is 0 Å². The van der Waals surface area contributed by atoms with Gasteiger partial charge in [0.25, 0.3) is 5.91 Å². The number of amides is 1. The number of nitrogens with zero attached hydrogens (tertiary/aromatic N) is 2. The molecule has 200 valence electrons. The molecule has 0 fully saturated rings. The summed E-state index contributed by atoms with van der Waals surface area (Å²) < 4.78 is 5.83. The molecule has 2 aromatic carbocycles. The van der Waals surface area contributed by atoms with Crippen LogP contribution in [-0.2, 0) is 13.0 Å². The summed E-state index contributed by atoms with van der Waals surface area (Å²) in [6.45, 7) is 14.1. The average molecular weight is 495 g/mol. The first kappa shape index (κ1) is 29.9. The van der Waals surface area contributed by atoms with E-state index >= 15 is 0 Å². The molecule has 0 spiro atoms. The topological polar surface area (TPSA) is 32.8 Å². The van der Waals surface area contributed by atoms with E-state index < -0.39 is 0 Å². The van der Waals surface area contributed by atoms with Crippen LogP contribution in [0.5, 0.6) is 5.75 Å². The van der Waals surface area contributed by atoms with Gasteiger partial charge in [0.05, 0.1) is 6.61 Å². The van der Waals surface area contributed by atoms with Crippen molar-refractivity contribution in [3.63, 3.8) is 0 Å². The monoisotopic (exact) mass is 494 g/mol. The zero-order valence-electron chi connectivity index (χ0n) is 23.4. The molecule has 0 radical (unpaired) electrons. The third-order valence-electron chi connectivity index (χ3n) is 6.71. The van der Waals surface area contributed by atoms with Crippen molar-refractivity contribution >= 4 is 5.91 Å². The fourth-order valence-corrected chi connectivity index (χ4v) is 4.24. The largest absolute Gasteiger partial charge is 0.494 e. The van der Waals surface area contributed by atoms with Crippen molar-refractivity contribution in [2.45, 2.75) is 92.0 Å². The molecule has 4 heteroatoms. The van der Waals surface area contributed by atoms with E-state index in [2.05, 4.69) is 56.9 Å². The van der Waals surface area contributed by atoms with E-state index in [-0.39, 0.29) is 5.91 Å². The van der Waals surface area contributed by atoms with Gasteiger partial charge in [-0.2, -0.15) is 0 Å². The summed E-state index contributed by atoms with van der Waals surface area (Å²) in [7, 11) is 0. The Morgan fingerprint density at radius 3 is 1.83 bits per heavy atom. The molecule has 0 heterocycles. The van der Waals surface area contributed by atoms with E-state index in [1.807, 2.05) is 29.2 Å². The third kappa shape index (κ3) is 11.2. The minimum atomic E-state index is 0.117.